The molecule has 24 heavy (non-hydrogen) atoms. The predicted octanol–water partition coefficient (Wildman–Crippen LogP) is 4.13. The summed E-state index contributed by atoms with van der Waals surface area (Å²) in [7, 11) is 0. The van der Waals surface area contributed by atoms with Gasteiger partial charge in [0, 0.05) is 17.9 Å². The Labute approximate surface area is 137 Å². The smallest absolute Gasteiger partial charge is 0.311 e. The minimum absolute atomic E-state index is 0.168. The Balaban J connectivity index is 2.02. The van der Waals surface area contributed by atoms with Gasteiger partial charge in [0.05, 0.1) is 17.3 Å². The van der Waals surface area contributed by atoms with Gasteiger partial charge in [0.15, 0.2) is 0 Å². The maximum absolute atomic E-state index is 12.7. The fourth-order valence-electron chi connectivity index (χ4n) is 2.93. The van der Waals surface area contributed by atoms with Gasteiger partial charge >= 0.3 is 6.18 Å². The molecule has 0 fully saturated rings. The first-order valence-electron chi connectivity index (χ1n) is 7.63. The summed E-state index contributed by atoms with van der Waals surface area (Å²) in [4.78, 5) is 12.1. The minimum atomic E-state index is -4.37. The third kappa shape index (κ3) is 2.90. The van der Waals surface area contributed by atoms with E-state index in [0.717, 1.165) is 17.7 Å². The van der Waals surface area contributed by atoms with Gasteiger partial charge in [0.25, 0.3) is 0 Å². The van der Waals surface area contributed by atoms with Gasteiger partial charge in [-0.1, -0.05) is 12.1 Å². The van der Waals surface area contributed by atoms with Crippen molar-refractivity contribution < 1.29 is 18.0 Å². The van der Waals surface area contributed by atoms with Crippen LogP contribution in [-0.4, -0.2) is 15.7 Å². The molecule has 0 aliphatic carbocycles. The first-order chi connectivity index (χ1) is 11.1. The quantitative estimate of drug-likeness (QED) is 0.850. The molecular weight excluding hydrogens is 319 g/mol. The van der Waals surface area contributed by atoms with Gasteiger partial charge in [0.1, 0.15) is 5.82 Å². The van der Waals surface area contributed by atoms with Crippen LogP contribution in [0.5, 0.6) is 0 Å². The van der Waals surface area contributed by atoms with Crippen molar-refractivity contribution in [1.29, 1.82) is 0 Å². The van der Waals surface area contributed by atoms with Crippen molar-refractivity contribution in [2.45, 2.75) is 44.8 Å². The van der Waals surface area contributed by atoms with E-state index in [9.17, 15) is 18.0 Å². The second-order valence-corrected chi connectivity index (χ2v) is 6.96. The molecule has 1 aliphatic heterocycles. The van der Waals surface area contributed by atoms with Gasteiger partial charge in [0.2, 0.25) is 5.91 Å². The molecule has 3 rings (SSSR count). The monoisotopic (exact) mass is 337 g/mol. The number of rotatable bonds is 1. The highest BCUT2D eigenvalue weighted by Crippen LogP contribution is 2.39. The number of nitrogens with one attached hydrogen (secondary N) is 1. The molecule has 0 saturated carbocycles. The van der Waals surface area contributed by atoms with Crippen LogP contribution < -0.4 is 5.32 Å². The maximum atomic E-state index is 12.7. The van der Waals surface area contributed by atoms with E-state index in [4.69, 9.17) is 0 Å². The van der Waals surface area contributed by atoms with E-state index in [0.29, 0.717) is 11.4 Å². The number of amides is 1. The van der Waals surface area contributed by atoms with Crippen LogP contribution >= 0.6 is 0 Å². The molecule has 0 radical (unpaired) electrons. The number of hydrogen-bond acceptors (Lipinski definition) is 2. The van der Waals surface area contributed by atoms with Crippen molar-refractivity contribution in [3.8, 4) is 0 Å². The highest BCUT2D eigenvalue weighted by Gasteiger charge is 2.34. The highest BCUT2D eigenvalue weighted by atomic mass is 19.4. The Bertz CT molecular complexity index is 770. The minimum Gasteiger partial charge on any atom is -0.311 e. The number of carbonyl (C=O) groups is 1. The molecule has 0 spiro atoms. The van der Waals surface area contributed by atoms with Gasteiger partial charge in [-0.3, -0.25) is 4.79 Å². The number of hydrogen-bond donors (Lipinski definition) is 1. The Morgan fingerprint density at radius 1 is 1.17 bits per heavy atom. The molecule has 0 unspecified atom stereocenters. The largest absolute Gasteiger partial charge is 0.416 e. The Hall–Kier alpha value is -2.31. The van der Waals surface area contributed by atoms with E-state index in [1.807, 2.05) is 20.8 Å². The first-order valence-corrected chi connectivity index (χ1v) is 7.63. The third-order valence-corrected chi connectivity index (χ3v) is 4.10. The molecule has 0 saturated heterocycles. The Kier molecular flexibility index (Phi) is 3.69. The van der Waals surface area contributed by atoms with E-state index in [1.54, 1.807) is 10.9 Å². The van der Waals surface area contributed by atoms with Gasteiger partial charge in [-0.2, -0.15) is 18.3 Å². The summed E-state index contributed by atoms with van der Waals surface area (Å²) in [6, 6.07) is 4.97. The van der Waals surface area contributed by atoms with E-state index < -0.39 is 11.7 Å². The van der Waals surface area contributed by atoms with E-state index in [1.165, 1.54) is 12.1 Å². The molecule has 2 heterocycles. The zero-order valence-corrected chi connectivity index (χ0v) is 13.6. The van der Waals surface area contributed by atoms with Crippen LogP contribution in [0.4, 0.5) is 19.0 Å². The number of carbonyl (C=O) groups excluding carboxylic acids is 1. The summed E-state index contributed by atoms with van der Waals surface area (Å²) >= 11 is 0. The van der Waals surface area contributed by atoms with Crippen molar-refractivity contribution in [3.63, 3.8) is 0 Å². The molecule has 1 aliphatic rings. The number of aromatic nitrogens is 2. The second kappa shape index (κ2) is 5.36. The normalized spacial score (nSPS) is 18.2. The molecule has 1 aromatic heterocycles. The number of halogens is 3. The Morgan fingerprint density at radius 3 is 2.33 bits per heavy atom. The van der Waals surface area contributed by atoms with E-state index in [2.05, 4.69) is 10.4 Å². The standard InChI is InChI=1S/C17H18F3N3O/c1-16(2,3)23-15-13(9-21-23)12(8-14(24)22-15)10-4-6-11(7-5-10)17(18,19)20/h4-7,9,12H,8H2,1-3H3,(H,22,24)/t12-/m1/s1. The van der Waals surface area contributed by atoms with Gasteiger partial charge in [-0.25, -0.2) is 4.68 Å². The lowest BCUT2D eigenvalue weighted by atomic mass is 9.87. The average Bonchev–Trinajstić information content (AvgIpc) is 2.89. The number of alkyl halides is 3. The van der Waals surface area contributed by atoms with E-state index in [-0.39, 0.29) is 23.8 Å². The molecular formula is C17H18F3N3O. The van der Waals surface area contributed by atoms with Crippen molar-refractivity contribution >= 4 is 11.7 Å². The summed E-state index contributed by atoms with van der Waals surface area (Å²) in [5.41, 5.74) is 0.483. The number of anilines is 1. The summed E-state index contributed by atoms with van der Waals surface area (Å²) in [6.45, 7) is 5.90. The average molecular weight is 337 g/mol. The lowest BCUT2D eigenvalue weighted by molar-refractivity contribution is -0.137. The number of benzene rings is 1. The number of nitrogens with zero attached hydrogens (tertiary/aromatic N) is 2. The van der Waals surface area contributed by atoms with Crippen molar-refractivity contribution in [1.82, 2.24) is 9.78 Å². The third-order valence-electron chi connectivity index (χ3n) is 4.10. The fraction of sp³-hybridized carbons (Fsp3) is 0.412. The molecule has 1 amide bonds. The fourth-order valence-corrected chi connectivity index (χ4v) is 2.93. The summed E-state index contributed by atoms with van der Waals surface area (Å²) in [5.74, 6) is 0.147. The van der Waals surface area contributed by atoms with Crippen LogP contribution in [-0.2, 0) is 16.5 Å². The van der Waals surface area contributed by atoms with Crippen LogP contribution in [0.2, 0.25) is 0 Å². The molecule has 1 atom stereocenters. The van der Waals surface area contributed by atoms with Crippen LogP contribution in [0.15, 0.2) is 30.5 Å². The molecule has 7 heteroatoms. The molecule has 2 aromatic rings. The van der Waals surface area contributed by atoms with Crippen molar-refractivity contribution in [3.05, 3.63) is 47.2 Å². The van der Waals surface area contributed by atoms with Gasteiger partial charge in [-0.05, 0) is 38.5 Å². The summed E-state index contributed by atoms with van der Waals surface area (Å²) < 4.78 is 39.9. The summed E-state index contributed by atoms with van der Waals surface area (Å²) in [6.07, 6.45) is -2.50. The van der Waals surface area contributed by atoms with Crippen LogP contribution in [0.25, 0.3) is 0 Å². The lowest BCUT2D eigenvalue weighted by Gasteiger charge is -2.28. The van der Waals surface area contributed by atoms with Crippen LogP contribution in [0, 0.1) is 0 Å². The SMILES string of the molecule is CC(C)(C)n1ncc2c1NC(=O)C[C@@H]2c1ccc(C(F)(F)F)cc1. The Morgan fingerprint density at radius 2 is 1.79 bits per heavy atom. The summed E-state index contributed by atoms with van der Waals surface area (Å²) in [5, 5.41) is 7.19. The van der Waals surface area contributed by atoms with Gasteiger partial charge in [-0.15, -0.1) is 0 Å². The predicted molar refractivity (Wildman–Crippen MR) is 83.8 cm³/mol. The molecule has 0 bridgehead atoms. The second-order valence-electron chi connectivity index (χ2n) is 6.96. The number of fused-ring (bicyclic) bond motifs is 1. The van der Waals surface area contributed by atoms with E-state index >= 15 is 0 Å². The topological polar surface area (TPSA) is 46.9 Å². The lowest BCUT2D eigenvalue weighted by Crippen LogP contribution is -2.30. The zero-order chi connectivity index (χ0) is 17.7. The van der Waals surface area contributed by atoms with Gasteiger partial charge < -0.3 is 5.32 Å². The van der Waals surface area contributed by atoms with Crippen LogP contribution in [0.1, 0.15) is 49.8 Å². The molecule has 1 aromatic carbocycles. The zero-order valence-electron chi connectivity index (χ0n) is 13.6. The first kappa shape index (κ1) is 16.5. The maximum Gasteiger partial charge on any atom is 0.416 e. The van der Waals surface area contributed by atoms with Crippen LogP contribution in [0.3, 0.4) is 0 Å². The van der Waals surface area contributed by atoms with Crippen molar-refractivity contribution in [2.24, 2.45) is 0 Å². The molecule has 1 N–H and O–H groups in total. The highest BCUT2D eigenvalue weighted by molar-refractivity contribution is 5.94. The molecule has 128 valence electrons. The van der Waals surface area contributed by atoms with Crippen molar-refractivity contribution in [2.75, 3.05) is 5.32 Å². The molecule has 4 nitrogen and oxygen atoms in total.